The van der Waals surface area contributed by atoms with Gasteiger partial charge in [-0.25, -0.2) is 0 Å². The van der Waals surface area contributed by atoms with Crippen LogP contribution in [-0.2, 0) is 0 Å². The van der Waals surface area contributed by atoms with Gasteiger partial charge in [0.25, 0.3) is 5.56 Å². The van der Waals surface area contributed by atoms with Crippen LogP contribution in [-0.4, -0.2) is 21.7 Å². The Morgan fingerprint density at radius 2 is 1.84 bits per heavy atom. The van der Waals surface area contributed by atoms with Crippen molar-refractivity contribution >= 4 is 38.3 Å². The molecule has 0 spiro atoms. The summed E-state index contributed by atoms with van der Waals surface area (Å²) >= 11 is 4.73. The van der Waals surface area contributed by atoms with E-state index >= 15 is 0 Å². The van der Waals surface area contributed by atoms with Crippen molar-refractivity contribution in [3.8, 4) is 17.1 Å². The molecule has 25 heavy (non-hydrogen) atoms. The smallest absolute Gasteiger partial charge is 0.291 e. The second-order valence-electron chi connectivity index (χ2n) is 5.33. The Balaban J connectivity index is 1.76. The largest absolute Gasteiger partial charge is 0.497 e. The zero-order chi connectivity index (χ0) is 17.4. The molecule has 0 fully saturated rings. The normalized spacial score (nSPS) is 12.0. The van der Waals surface area contributed by atoms with Crippen molar-refractivity contribution in [3.05, 3.63) is 73.5 Å². The fourth-order valence-electron chi connectivity index (χ4n) is 2.41. The average molecular weight is 414 g/mol. The van der Waals surface area contributed by atoms with E-state index in [1.165, 1.54) is 15.9 Å². The van der Waals surface area contributed by atoms with Gasteiger partial charge in [-0.3, -0.25) is 4.79 Å². The van der Waals surface area contributed by atoms with Crippen LogP contribution in [0.15, 0.2) is 57.8 Å². The van der Waals surface area contributed by atoms with Crippen LogP contribution in [0.5, 0.6) is 5.75 Å². The lowest BCUT2D eigenvalue weighted by Gasteiger charge is -1.99. The van der Waals surface area contributed by atoms with Crippen molar-refractivity contribution in [1.29, 1.82) is 0 Å². The van der Waals surface area contributed by atoms with Crippen LogP contribution in [0.25, 0.3) is 22.4 Å². The van der Waals surface area contributed by atoms with Gasteiger partial charge < -0.3 is 4.74 Å². The molecule has 0 saturated heterocycles. The van der Waals surface area contributed by atoms with Crippen molar-refractivity contribution in [3.63, 3.8) is 0 Å². The monoisotopic (exact) mass is 413 g/mol. The molecule has 0 bridgehead atoms. The van der Waals surface area contributed by atoms with Gasteiger partial charge in [-0.05, 0) is 48.0 Å². The lowest BCUT2D eigenvalue weighted by molar-refractivity contribution is 0.415. The quantitative estimate of drug-likeness (QED) is 0.517. The van der Waals surface area contributed by atoms with E-state index in [9.17, 15) is 4.79 Å². The topological polar surface area (TPSA) is 56.5 Å². The summed E-state index contributed by atoms with van der Waals surface area (Å²) in [5, 5.41) is 4.35. The molecule has 0 atom stereocenters. The summed E-state index contributed by atoms with van der Waals surface area (Å²) < 4.78 is 8.11. The van der Waals surface area contributed by atoms with Gasteiger partial charge in [0.1, 0.15) is 5.75 Å². The molecule has 0 amide bonds. The number of benzene rings is 2. The zero-order valence-electron chi connectivity index (χ0n) is 13.1. The number of methoxy groups -OCH3 is 1. The number of aromatic nitrogens is 3. The highest BCUT2D eigenvalue weighted by atomic mass is 79.9. The van der Waals surface area contributed by atoms with E-state index in [-0.39, 0.29) is 5.56 Å². The van der Waals surface area contributed by atoms with E-state index in [0.717, 1.165) is 21.3 Å². The second-order valence-corrected chi connectivity index (χ2v) is 7.25. The molecule has 4 rings (SSSR count). The maximum absolute atomic E-state index is 12.6. The second kappa shape index (κ2) is 6.42. The number of hydrogen-bond acceptors (Lipinski definition) is 5. The first-order chi connectivity index (χ1) is 12.1. The van der Waals surface area contributed by atoms with Gasteiger partial charge in [0.15, 0.2) is 5.82 Å². The fraction of sp³-hybridized carbons (Fsp3) is 0.0556. The third-order valence-electron chi connectivity index (χ3n) is 3.70. The van der Waals surface area contributed by atoms with Gasteiger partial charge in [0.05, 0.1) is 11.6 Å². The Kier molecular flexibility index (Phi) is 4.10. The van der Waals surface area contributed by atoms with Crippen molar-refractivity contribution in [1.82, 2.24) is 14.6 Å². The Bertz CT molecular complexity index is 1150. The van der Waals surface area contributed by atoms with Gasteiger partial charge >= 0.3 is 0 Å². The number of ether oxygens (including phenoxy) is 1. The molecule has 0 aliphatic carbocycles. The summed E-state index contributed by atoms with van der Waals surface area (Å²) in [6.07, 6.45) is 1.85. The molecule has 0 saturated carbocycles. The molecule has 2 aromatic heterocycles. The minimum Gasteiger partial charge on any atom is -0.497 e. The Hall–Kier alpha value is -2.51. The minimum atomic E-state index is -0.157. The highest BCUT2D eigenvalue weighted by molar-refractivity contribution is 9.10. The van der Waals surface area contributed by atoms with Gasteiger partial charge in [-0.1, -0.05) is 39.4 Å². The molecular formula is C18H12BrN3O2S. The maximum Gasteiger partial charge on any atom is 0.291 e. The van der Waals surface area contributed by atoms with Crippen LogP contribution in [0.3, 0.4) is 0 Å². The third kappa shape index (κ3) is 3.08. The standard InChI is InChI=1S/C18H12BrN3O2S/c1-24-14-8-4-12(5-9-14)16-20-18-22(21-16)17(23)15(25-18)10-11-2-6-13(19)7-3-11/h2-10H,1H3/b15-10+. The molecule has 2 aromatic carbocycles. The first kappa shape index (κ1) is 16.0. The predicted molar refractivity (Wildman–Crippen MR) is 102 cm³/mol. The SMILES string of the molecule is COc1ccc(-c2nc3s/c(=C/c4ccc(Br)cc4)c(=O)n3n2)cc1. The van der Waals surface area contributed by atoms with Gasteiger partial charge in [0, 0.05) is 10.0 Å². The summed E-state index contributed by atoms with van der Waals surface area (Å²) in [5.74, 6) is 1.29. The molecule has 7 heteroatoms. The first-order valence-corrected chi connectivity index (χ1v) is 9.06. The number of fused-ring (bicyclic) bond motifs is 1. The zero-order valence-corrected chi connectivity index (χ0v) is 15.5. The van der Waals surface area contributed by atoms with Gasteiger partial charge in [-0.2, -0.15) is 9.50 Å². The molecule has 124 valence electrons. The Labute approximate surface area is 155 Å². The predicted octanol–water partition coefficient (Wildman–Crippen LogP) is 3.14. The molecule has 4 aromatic rings. The molecular weight excluding hydrogens is 402 g/mol. The number of nitrogens with zero attached hydrogens (tertiary/aromatic N) is 3. The van der Waals surface area contributed by atoms with Crippen LogP contribution in [0, 0.1) is 0 Å². The van der Waals surface area contributed by atoms with E-state index < -0.39 is 0 Å². The number of halogens is 1. The number of hydrogen-bond donors (Lipinski definition) is 0. The minimum absolute atomic E-state index is 0.157. The highest BCUT2D eigenvalue weighted by Crippen LogP contribution is 2.20. The van der Waals surface area contributed by atoms with Crippen LogP contribution in [0.4, 0.5) is 0 Å². The molecule has 0 radical (unpaired) electrons. The van der Waals surface area contributed by atoms with E-state index in [1.807, 2.05) is 54.6 Å². The summed E-state index contributed by atoms with van der Waals surface area (Å²) in [6, 6.07) is 15.2. The van der Waals surface area contributed by atoms with Gasteiger partial charge in [-0.15, -0.1) is 5.10 Å². The highest BCUT2D eigenvalue weighted by Gasteiger charge is 2.12. The van der Waals surface area contributed by atoms with E-state index in [0.29, 0.717) is 15.3 Å². The Morgan fingerprint density at radius 3 is 2.48 bits per heavy atom. The van der Waals surface area contributed by atoms with Crippen molar-refractivity contribution in [2.45, 2.75) is 0 Å². The van der Waals surface area contributed by atoms with Crippen LogP contribution >= 0.6 is 27.3 Å². The molecule has 0 unspecified atom stereocenters. The van der Waals surface area contributed by atoms with E-state index in [4.69, 9.17) is 4.74 Å². The van der Waals surface area contributed by atoms with Crippen LogP contribution in [0.1, 0.15) is 5.56 Å². The maximum atomic E-state index is 12.6. The van der Waals surface area contributed by atoms with Crippen molar-refractivity contribution in [2.75, 3.05) is 7.11 Å². The van der Waals surface area contributed by atoms with Gasteiger partial charge in [0.2, 0.25) is 4.96 Å². The first-order valence-electron chi connectivity index (χ1n) is 7.45. The van der Waals surface area contributed by atoms with Crippen molar-refractivity contribution in [2.24, 2.45) is 0 Å². The lowest BCUT2D eigenvalue weighted by Crippen LogP contribution is -2.23. The molecule has 0 N–H and O–H groups in total. The van der Waals surface area contributed by atoms with Crippen LogP contribution in [0.2, 0.25) is 0 Å². The average Bonchev–Trinajstić information content (AvgIpc) is 3.17. The fourth-order valence-corrected chi connectivity index (χ4v) is 3.58. The molecule has 5 nitrogen and oxygen atoms in total. The molecule has 0 aliphatic heterocycles. The summed E-state index contributed by atoms with van der Waals surface area (Å²) in [5.41, 5.74) is 1.64. The Morgan fingerprint density at radius 1 is 1.12 bits per heavy atom. The van der Waals surface area contributed by atoms with Crippen LogP contribution < -0.4 is 14.8 Å². The number of thiazole rings is 1. The van der Waals surface area contributed by atoms with Crippen molar-refractivity contribution < 1.29 is 4.74 Å². The molecule has 2 heterocycles. The molecule has 0 aliphatic rings. The summed E-state index contributed by atoms with van der Waals surface area (Å²) in [7, 11) is 1.62. The summed E-state index contributed by atoms with van der Waals surface area (Å²) in [6.45, 7) is 0. The summed E-state index contributed by atoms with van der Waals surface area (Å²) in [4.78, 5) is 17.6. The third-order valence-corrected chi connectivity index (χ3v) is 5.19. The van der Waals surface area contributed by atoms with E-state index in [1.54, 1.807) is 7.11 Å². The lowest BCUT2D eigenvalue weighted by atomic mass is 10.2. The number of rotatable bonds is 3. The van der Waals surface area contributed by atoms with E-state index in [2.05, 4.69) is 26.0 Å².